The van der Waals surface area contributed by atoms with Crippen LogP contribution in [-0.2, 0) is 0 Å². The molecule has 0 aromatic heterocycles. The lowest BCUT2D eigenvalue weighted by atomic mass is 10.0. The fourth-order valence-electron chi connectivity index (χ4n) is 2.13. The molecule has 3 fully saturated rings. The third-order valence-electron chi connectivity index (χ3n) is 3.51. The Hall–Kier alpha value is 0.580. The molecule has 1 saturated carbocycles. The van der Waals surface area contributed by atoms with Gasteiger partial charge in [0, 0.05) is 7.05 Å². The number of hydrogen-bond donors (Lipinski definition) is 1. The third-order valence-corrected chi connectivity index (χ3v) is 5.74. The van der Waals surface area contributed by atoms with Gasteiger partial charge in [-0.2, -0.15) is 0 Å². The average molecular weight is 275 g/mol. The van der Waals surface area contributed by atoms with Crippen molar-refractivity contribution in [2.24, 2.45) is 0 Å². The summed E-state index contributed by atoms with van der Waals surface area (Å²) in [7, 11) is 2.11. The zero-order valence-corrected chi connectivity index (χ0v) is 12.7. The largest absolute Gasteiger partial charge is 0.252 e. The number of hydrazine groups is 1. The Morgan fingerprint density at radius 3 is 2.35 bits per heavy atom. The van der Waals surface area contributed by atoms with Crippen LogP contribution in [0.2, 0.25) is 0 Å². The van der Waals surface area contributed by atoms with E-state index in [1.807, 2.05) is 11.8 Å². The van der Waals surface area contributed by atoms with Crippen molar-refractivity contribution in [1.29, 1.82) is 0 Å². The Morgan fingerprint density at radius 1 is 1.18 bits per heavy atom. The molecule has 2 heterocycles. The molecular weight excluding hydrogens is 250 g/mol. The van der Waals surface area contributed by atoms with Crippen LogP contribution in [0.3, 0.4) is 0 Å². The average Bonchev–Trinajstić information content (AvgIpc) is 2.82. The minimum atomic E-state index is 0.487. The summed E-state index contributed by atoms with van der Waals surface area (Å²) < 4.78 is 0. The Balaban J connectivity index is 0.000000228. The highest BCUT2D eigenvalue weighted by atomic mass is 32.2. The first-order valence-corrected chi connectivity index (χ1v) is 9.02. The molecule has 0 radical (unpaired) electrons. The summed E-state index contributed by atoms with van der Waals surface area (Å²) >= 11 is 4.00. The molecule has 100 valence electrons. The molecule has 1 aliphatic carbocycles. The second-order valence-electron chi connectivity index (χ2n) is 4.95. The van der Waals surface area contributed by atoms with E-state index in [0.29, 0.717) is 5.50 Å². The standard InChI is InChI=1S/C8H17N3S2.C4H8/c1-10-6-11(8(9-10)12-2)7-4-3-5-13-7;1-2-4-3-1/h7-9H,3-6H2,1-2H3;1-4H2. The van der Waals surface area contributed by atoms with Crippen molar-refractivity contribution >= 4 is 23.5 Å². The molecule has 3 aliphatic rings. The normalized spacial score (nSPS) is 34.2. The Bertz CT molecular complexity index is 212. The van der Waals surface area contributed by atoms with E-state index in [2.05, 4.69) is 40.4 Å². The highest BCUT2D eigenvalue weighted by Gasteiger charge is 2.34. The first kappa shape index (κ1) is 14.0. The van der Waals surface area contributed by atoms with Crippen LogP contribution >= 0.6 is 23.5 Å². The predicted octanol–water partition coefficient (Wildman–Crippen LogP) is 2.76. The molecule has 0 aromatic carbocycles. The maximum atomic E-state index is 3.44. The van der Waals surface area contributed by atoms with E-state index in [-0.39, 0.29) is 0 Å². The van der Waals surface area contributed by atoms with Gasteiger partial charge in [-0.25, -0.2) is 10.4 Å². The summed E-state index contributed by atoms with van der Waals surface area (Å²) in [6.07, 6.45) is 10.9. The van der Waals surface area contributed by atoms with E-state index in [1.54, 1.807) is 0 Å². The van der Waals surface area contributed by atoms with Gasteiger partial charge in [-0.3, -0.25) is 4.90 Å². The summed E-state index contributed by atoms with van der Waals surface area (Å²) in [6.45, 7) is 1.06. The second kappa shape index (κ2) is 7.24. The molecule has 3 nitrogen and oxygen atoms in total. The number of rotatable bonds is 2. The van der Waals surface area contributed by atoms with Gasteiger partial charge < -0.3 is 0 Å². The lowest BCUT2D eigenvalue weighted by Gasteiger charge is -2.26. The van der Waals surface area contributed by atoms with Gasteiger partial charge in [0.25, 0.3) is 0 Å². The van der Waals surface area contributed by atoms with Crippen molar-refractivity contribution in [1.82, 2.24) is 15.3 Å². The van der Waals surface area contributed by atoms with Crippen LogP contribution in [0.25, 0.3) is 0 Å². The summed E-state index contributed by atoms with van der Waals surface area (Å²) in [4.78, 5) is 2.56. The van der Waals surface area contributed by atoms with Gasteiger partial charge in [0.05, 0.1) is 12.0 Å². The molecule has 2 unspecified atom stereocenters. The van der Waals surface area contributed by atoms with Crippen molar-refractivity contribution in [3.05, 3.63) is 0 Å². The van der Waals surface area contributed by atoms with E-state index >= 15 is 0 Å². The van der Waals surface area contributed by atoms with Crippen molar-refractivity contribution in [3.8, 4) is 0 Å². The Morgan fingerprint density at radius 2 is 1.88 bits per heavy atom. The maximum Gasteiger partial charge on any atom is 0.122 e. The van der Waals surface area contributed by atoms with Gasteiger partial charge in [0.2, 0.25) is 0 Å². The van der Waals surface area contributed by atoms with Crippen LogP contribution in [0.5, 0.6) is 0 Å². The maximum absolute atomic E-state index is 3.44. The van der Waals surface area contributed by atoms with E-state index in [9.17, 15) is 0 Å². The van der Waals surface area contributed by atoms with Gasteiger partial charge in [-0.05, 0) is 24.9 Å². The smallest absolute Gasteiger partial charge is 0.122 e. The quantitative estimate of drug-likeness (QED) is 0.833. The molecule has 0 spiro atoms. The zero-order chi connectivity index (χ0) is 12.1. The fourth-order valence-corrected chi connectivity index (χ4v) is 4.29. The van der Waals surface area contributed by atoms with Crippen molar-refractivity contribution in [2.75, 3.05) is 25.7 Å². The van der Waals surface area contributed by atoms with Crippen LogP contribution in [0.1, 0.15) is 38.5 Å². The van der Waals surface area contributed by atoms with Crippen LogP contribution in [0.15, 0.2) is 0 Å². The number of nitrogens with zero attached hydrogens (tertiary/aromatic N) is 2. The minimum absolute atomic E-state index is 0.487. The molecule has 2 atom stereocenters. The van der Waals surface area contributed by atoms with Gasteiger partial charge in [0.15, 0.2) is 0 Å². The monoisotopic (exact) mass is 275 g/mol. The third kappa shape index (κ3) is 4.03. The van der Waals surface area contributed by atoms with Gasteiger partial charge in [-0.15, -0.1) is 23.5 Å². The van der Waals surface area contributed by atoms with E-state index in [1.165, 1.54) is 44.3 Å². The van der Waals surface area contributed by atoms with E-state index in [0.717, 1.165) is 12.0 Å². The zero-order valence-electron chi connectivity index (χ0n) is 11.0. The molecule has 0 aromatic rings. The molecule has 17 heavy (non-hydrogen) atoms. The lowest BCUT2D eigenvalue weighted by molar-refractivity contribution is 0.242. The van der Waals surface area contributed by atoms with Gasteiger partial charge in [0.1, 0.15) is 5.50 Å². The van der Waals surface area contributed by atoms with Crippen LogP contribution in [0.4, 0.5) is 0 Å². The summed E-state index contributed by atoms with van der Waals surface area (Å²) in [5, 5.41) is 2.93. The van der Waals surface area contributed by atoms with Crippen LogP contribution in [-0.4, -0.2) is 46.5 Å². The van der Waals surface area contributed by atoms with Gasteiger partial charge >= 0.3 is 0 Å². The Labute approximate surface area is 114 Å². The molecule has 2 aliphatic heterocycles. The first-order valence-electron chi connectivity index (χ1n) is 6.68. The second-order valence-corrected chi connectivity index (χ2v) is 7.16. The molecule has 3 rings (SSSR count). The molecule has 5 heteroatoms. The van der Waals surface area contributed by atoms with Gasteiger partial charge in [-0.1, -0.05) is 25.7 Å². The first-order chi connectivity index (χ1) is 8.31. The molecule has 0 amide bonds. The highest BCUT2D eigenvalue weighted by Crippen LogP contribution is 2.33. The topological polar surface area (TPSA) is 18.5 Å². The number of nitrogens with one attached hydrogen (secondary N) is 1. The highest BCUT2D eigenvalue weighted by molar-refractivity contribution is 8.00. The number of hydrogen-bond acceptors (Lipinski definition) is 5. The fraction of sp³-hybridized carbons (Fsp3) is 1.00. The predicted molar refractivity (Wildman–Crippen MR) is 78.9 cm³/mol. The SMILES string of the molecule is C1CCC1.CSC1NN(C)CN1C1CCCS1. The molecule has 2 saturated heterocycles. The molecule has 0 bridgehead atoms. The number of thioether (sulfide) groups is 2. The van der Waals surface area contributed by atoms with Crippen molar-refractivity contribution in [3.63, 3.8) is 0 Å². The van der Waals surface area contributed by atoms with Crippen LogP contribution < -0.4 is 5.43 Å². The van der Waals surface area contributed by atoms with Crippen molar-refractivity contribution < 1.29 is 0 Å². The summed E-state index contributed by atoms with van der Waals surface area (Å²) in [6, 6.07) is 0. The molecular formula is C12H25N3S2. The summed E-state index contributed by atoms with van der Waals surface area (Å²) in [5.41, 5.74) is 3.93. The minimum Gasteiger partial charge on any atom is -0.252 e. The van der Waals surface area contributed by atoms with E-state index < -0.39 is 0 Å². The lowest BCUT2D eigenvalue weighted by Crippen LogP contribution is -2.37. The summed E-state index contributed by atoms with van der Waals surface area (Å²) in [5.74, 6) is 1.34. The van der Waals surface area contributed by atoms with Crippen LogP contribution in [0, 0.1) is 0 Å². The Kier molecular flexibility index (Phi) is 5.96. The van der Waals surface area contributed by atoms with E-state index in [4.69, 9.17) is 0 Å². The van der Waals surface area contributed by atoms with Crippen molar-refractivity contribution in [2.45, 2.75) is 49.4 Å². The molecule has 1 N–H and O–H groups in total.